The number of imide groups is 2. The van der Waals surface area contributed by atoms with Crippen LogP contribution < -0.4 is 30.9 Å². The van der Waals surface area contributed by atoms with Crippen LogP contribution in [0.25, 0.3) is 32.9 Å². The van der Waals surface area contributed by atoms with Crippen LogP contribution in [0.4, 0.5) is 25.1 Å². The summed E-state index contributed by atoms with van der Waals surface area (Å²) in [6, 6.07) is 12.4. The number of halogens is 2. The van der Waals surface area contributed by atoms with Crippen LogP contribution in [0.3, 0.4) is 0 Å². The Kier molecular flexibility index (Phi) is 15.5. The number of rotatable bonds is 21. The number of piperidine rings is 1. The minimum Gasteiger partial charge on any atom is -0.461 e. The molecule has 0 aliphatic carbocycles. The number of nitrogens with zero attached hydrogens (tertiary/aromatic N) is 6. The lowest BCUT2D eigenvalue weighted by atomic mass is 9.94. The molecule has 2 bridgehead atoms. The highest BCUT2D eigenvalue weighted by Crippen LogP contribution is 2.45. The van der Waals surface area contributed by atoms with Gasteiger partial charge in [-0.1, -0.05) is 48.4 Å². The van der Waals surface area contributed by atoms with Gasteiger partial charge in [0.15, 0.2) is 5.82 Å². The lowest BCUT2D eigenvalue weighted by molar-refractivity contribution is -0.136. The number of hydrogen-bond acceptors (Lipinski definition) is 17. The van der Waals surface area contributed by atoms with Crippen molar-refractivity contribution in [3.63, 3.8) is 0 Å². The van der Waals surface area contributed by atoms with Gasteiger partial charge in [0, 0.05) is 80.1 Å². The first kappa shape index (κ1) is 53.3. The van der Waals surface area contributed by atoms with Crippen molar-refractivity contribution in [2.24, 2.45) is 0 Å². The van der Waals surface area contributed by atoms with Crippen LogP contribution in [0.15, 0.2) is 66.9 Å². The van der Waals surface area contributed by atoms with Gasteiger partial charge in [-0.3, -0.25) is 39.3 Å². The van der Waals surface area contributed by atoms with E-state index < -0.39 is 52.9 Å². The van der Waals surface area contributed by atoms with E-state index in [0.29, 0.717) is 92.3 Å². The van der Waals surface area contributed by atoms with Gasteiger partial charge in [-0.15, -0.1) is 6.42 Å². The van der Waals surface area contributed by atoms with Gasteiger partial charge in [-0.2, -0.15) is 9.97 Å². The summed E-state index contributed by atoms with van der Waals surface area (Å²) in [5, 5.41) is 13.2. The molecule has 79 heavy (non-hydrogen) atoms. The fraction of sp³-hybridized carbons (Fsp3) is 0.439. The number of ether oxygens (including phenoxy) is 5. The fourth-order valence-corrected chi connectivity index (χ4v) is 12.0. The Balaban J connectivity index is 0.621. The molecule has 4 N–H and O–H groups in total. The number of alkyl carbamates (subject to hydrolysis) is 1. The van der Waals surface area contributed by atoms with Crippen LogP contribution in [-0.4, -0.2) is 170 Å². The van der Waals surface area contributed by atoms with Crippen LogP contribution in [0.5, 0.6) is 6.01 Å². The maximum atomic E-state index is 17.2. The number of terminal acetylenes is 1. The lowest BCUT2D eigenvalue weighted by Crippen LogP contribution is -2.54. The molecule has 5 fully saturated rings. The number of aromatic nitrogens is 3. The van der Waals surface area contributed by atoms with Gasteiger partial charge in [0.1, 0.15) is 42.1 Å². The standard InChI is InChI=1S/C57H60F2N10O10/c1-3-38-42(58)13-10-34-6-4-7-39(46(34)38)49-48(59)50-41(27-62-49)51(67-29-35-11-12-36(30-67)63-35)66-55(65-50)79-32-57-17-16-37(68(57)28-33(2)26-57)31-78-56(74)61-19-21-76-23-25-77-24-22-75-20-18-60-43-9-5-8-40-47(43)54(73)69(53(40)72)44-14-15-45(70)64-52(44)71/h1,4-10,13,27,35-37,44,60,63H,2,11-12,14-26,28-32H2,(H,61,74)(H,64,70,71)/t35?,36?,37-,44?,57-/m0/s1. The van der Waals surface area contributed by atoms with E-state index in [2.05, 4.69) is 48.6 Å². The minimum atomic E-state index is -1.04. The van der Waals surface area contributed by atoms with Gasteiger partial charge in [-0.25, -0.2) is 13.6 Å². The fourth-order valence-electron chi connectivity index (χ4n) is 12.0. The number of fused-ring (bicyclic) bond motifs is 6. The van der Waals surface area contributed by atoms with Crippen molar-refractivity contribution < 1.29 is 56.4 Å². The van der Waals surface area contributed by atoms with Gasteiger partial charge >= 0.3 is 12.1 Å². The van der Waals surface area contributed by atoms with E-state index in [1.165, 1.54) is 12.1 Å². The van der Waals surface area contributed by atoms with Crippen molar-refractivity contribution >= 4 is 62.9 Å². The van der Waals surface area contributed by atoms with Crippen LogP contribution in [-0.2, 0) is 28.5 Å². The van der Waals surface area contributed by atoms with Crippen molar-refractivity contribution in [1.29, 1.82) is 0 Å². The third kappa shape index (κ3) is 10.8. The number of anilines is 2. The zero-order valence-electron chi connectivity index (χ0n) is 43.5. The summed E-state index contributed by atoms with van der Waals surface area (Å²) in [6.07, 6.45) is 11.1. The molecule has 11 rings (SSSR count). The predicted molar refractivity (Wildman–Crippen MR) is 285 cm³/mol. The number of nitrogens with one attached hydrogen (secondary N) is 4. The molecule has 22 heteroatoms. The first-order valence-corrected chi connectivity index (χ1v) is 26.7. The smallest absolute Gasteiger partial charge is 0.407 e. The number of pyridine rings is 1. The van der Waals surface area contributed by atoms with Crippen molar-refractivity contribution in [2.45, 2.75) is 74.7 Å². The SMILES string of the molecule is C#Cc1c(F)ccc2cccc(-c3ncc4c(N5CC6CCC(C5)N6)nc(OC[C@@]56CC[C@@H](COC(=O)NCCOCCOCCOCCNc7cccc8c7C(=O)N(C7CCC(=O)NC7=O)C8=O)N5CC(=C)C6)nc4c3F)c12. The predicted octanol–water partition coefficient (Wildman–Crippen LogP) is 4.88. The van der Waals surface area contributed by atoms with Crippen molar-refractivity contribution in [3.05, 3.63) is 95.2 Å². The van der Waals surface area contributed by atoms with E-state index in [0.717, 1.165) is 36.2 Å². The molecular weight excluding hydrogens is 1020 g/mol. The Morgan fingerprint density at radius 3 is 2.41 bits per heavy atom. The number of carbonyl (C=O) groups is 5. The monoisotopic (exact) mass is 1080 g/mol. The third-order valence-electron chi connectivity index (χ3n) is 15.7. The van der Waals surface area contributed by atoms with Gasteiger partial charge in [-0.05, 0) is 62.1 Å². The number of hydrogen-bond donors (Lipinski definition) is 4. The number of piperazine rings is 1. The number of benzene rings is 3. The summed E-state index contributed by atoms with van der Waals surface area (Å²) in [6.45, 7) is 8.89. The summed E-state index contributed by atoms with van der Waals surface area (Å²) in [7, 11) is 0. The molecule has 2 aromatic heterocycles. The molecule has 3 aromatic carbocycles. The van der Waals surface area contributed by atoms with Crippen molar-refractivity contribution in [3.8, 4) is 29.6 Å². The van der Waals surface area contributed by atoms with Crippen LogP contribution in [0.2, 0.25) is 0 Å². The average Bonchev–Trinajstić information content (AvgIpc) is 4.38. The molecule has 412 valence electrons. The molecular formula is C57H60F2N10O10. The molecule has 6 aliphatic heterocycles. The normalized spacial score (nSPS) is 22.6. The second kappa shape index (κ2) is 23.0. The molecule has 3 unspecified atom stereocenters. The molecule has 0 spiro atoms. The molecule has 20 nitrogen and oxygen atoms in total. The summed E-state index contributed by atoms with van der Waals surface area (Å²) in [5.74, 6) is -0.571. The van der Waals surface area contributed by atoms with Crippen molar-refractivity contribution in [1.82, 2.24) is 40.7 Å². The maximum Gasteiger partial charge on any atom is 0.407 e. The highest BCUT2D eigenvalue weighted by Gasteiger charge is 2.52. The van der Waals surface area contributed by atoms with E-state index in [1.54, 1.807) is 42.6 Å². The Morgan fingerprint density at radius 1 is 0.886 bits per heavy atom. The van der Waals surface area contributed by atoms with Gasteiger partial charge in [0.05, 0.1) is 67.3 Å². The zero-order chi connectivity index (χ0) is 54.8. The van der Waals surface area contributed by atoms with Gasteiger partial charge < -0.3 is 44.5 Å². The van der Waals surface area contributed by atoms with E-state index in [-0.39, 0.29) is 97.9 Å². The zero-order valence-corrected chi connectivity index (χ0v) is 43.5. The number of carbonyl (C=O) groups excluding carboxylic acids is 5. The minimum absolute atomic E-state index is 0.0164. The summed E-state index contributed by atoms with van der Waals surface area (Å²) in [4.78, 5) is 82.9. The summed E-state index contributed by atoms with van der Waals surface area (Å²) in [5.41, 5.74) is 1.74. The van der Waals surface area contributed by atoms with E-state index in [4.69, 9.17) is 40.1 Å². The van der Waals surface area contributed by atoms with Crippen LogP contribution >= 0.6 is 0 Å². The molecule has 5 saturated heterocycles. The van der Waals surface area contributed by atoms with Gasteiger partial charge in [0.25, 0.3) is 11.8 Å². The highest BCUT2D eigenvalue weighted by atomic mass is 19.1. The van der Waals surface area contributed by atoms with E-state index >= 15 is 8.78 Å². The maximum absolute atomic E-state index is 17.2. The molecule has 6 aliphatic rings. The molecule has 0 radical (unpaired) electrons. The Labute approximate surface area is 453 Å². The summed E-state index contributed by atoms with van der Waals surface area (Å²) >= 11 is 0. The van der Waals surface area contributed by atoms with Crippen molar-refractivity contribution in [2.75, 3.05) is 95.8 Å². The largest absolute Gasteiger partial charge is 0.461 e. The lowest BCUT2D eigenvalue weighted by Gasteiger charge is -2.35. The number of amides is 5. The van der Waals surface area contributed by atoms with Gasteiger partial charge in [0.2, 0.25) is 11.8 Å². The molecule has 0 saturated carbocycles. The Hall–Kier alpha value is -7.68. The Morgan fingerprint density at radius 2 is 1.63 bits per heavy atom. The van der Waals surface area contributed by atoms with E-state index in [9.17, 15) is 24.0 Å². The average molecular weight is 1080 g/mol. The topological polar surface area (TPSA) is 228 Å². The quantitative estimate of drug-likeness (QED) is 0.0332. The molecule has 8 heterocycles. The van der Waals surface area contributed by atoms with E-state index in [1.807, 2.05) is 0 Å². The Bertz CT molecular complexity index is 3290. The first-order valence-electron chi connectivity index (χ1n) is 26.7. The summed E-state index contributed by atoms with van der Waals surface area (Å²) < 4.78 is 61.3. The molecule has 5 atom stereocenters. The second-order valence-corrected chi connectivity index (χ2v) is 20.8. The highest BCUT2D eigenvalue weighted by molar-refractivity contribution is 6.25. The van der Waals surface area contributed by atoms with Crippen LogP contribution in [0.1, 0.15) is 71.2 Å². The second-order valence-electron chi connectivity index (χ2n) is 20.8. The third-order valence-corrected chi connectivity index (χ3v) is 15.7. The molecule has 5 amide bonds. The molecule has 5 aromatic rings. The first-order chi connectivity index (χ1) is 38.4. The van der Waals surface area contributed by atoms with Crippen LogP contribution in [0, 0.1) is 24.0 Å².